The van der Waals surface area contributed by atoms with E-state index in [-0.39, 0.29) is 0 Å². The van der Waals surface area contributed by atoms with Crippen molar-refractivity contribution in [3.05, 3.63) is 11.9 Å². The minimum atomic E-state index is 0.923. The molecule has 0 unspecified atom stereocenters. The summed E-state index contributed by atoms with van der Waals surface area (Å²) in [5.74, 6) is 2.79. The molecule has 0 saturated carbocycles. The SMILES string of the molecule is CCCNc1cc(NCCC)nc(CCC)n1. The van der Waals surface area contributed by atoms with E-state index in [2.05, 4.69) is 41.4 Å². The number of aryl methyl sites for hydroxylation is 1. The van der Waals surface area contributed by atoms with Gasteiger partial charge in [0.2, 0.25) is 0 Å². The lowest BCUT2D eigenvalue weighted by Crippen LogP contribution is -2.09. The summed E-state index contributed by atoms with van der Waals surface area (Å²) < 4.78 is 0. The number of anilines is 2. The molecule has 1 rings (SSSR count). The van der Waals surface area contributed by atoms with Gasteiger partial charge in [0.1, 0.15) is 17.5 Å². The molecule has 0 spiro atoms. The number of hydrogen-bond donors (Lipinski definition) is 2. The van der Waals surface area contributed by atoms with Gasteiger partial charge in [0.25, 0.3) is 0 Å². The van der Waals surface area contributed by atoms with Crippen LogP contribution in [0, 0.1) is 0 Å². The maximum absolute atomic E-state index is 4.51. The standard InChI is InChI=1S/C13H24N4/c1-4-7-11-16-12(14-8-5-2)10-13(17-11)15-9-6-3/h10H,4-9H2,1-3H3,(H2,14,15,16,17). The van der Waals surface area contributed by atoms with Crippen LogP contribution in [0.4, 0.5) is 11.6 Å². The first-order valence-electron chi connectivity index (χ1n) is 6.65. The third-order valence-corrected chi connectivity index (χ3v) is 2.36. The minimum absolute atomic E-state index is 0.923. The molecule has 1 aromatic heterocycles. The van der Waals surface area contributed by atoms with Gasteiger partial charge in [0, 0.05) is 25.6 Å². The van der Waals surface area contributed by atoms with Gasteiger partial charge in [-0.3, -0.25) is 0 Å². The van der Waals surface area contributed by atoms with Crippen LogP contribution in [-0.2, 0) is 6.42 Å². The van der Waals surface area contributed by atoms with E-state index < -0.39 is 0 Å². The Bertz CT molecular complexity index is 299. The van der Waals surface area contributed by atoms with Crippen molar-refractivity contribution in [3.8, 4) is 0 Å². The summed E-state index contributed by atoms with van der Waals surface area (Å²) in [5.41, 5.74) is 0. The molecule has 17 heavy (non-hydrogen) atoms. The van der Waals surface area contributed by atoms with Crippen molar-refractivity contribution in [1.29, 1.82) is 0 Å². The molecular weight excluding hydrogens is 212 g/mol. The Morgan fingerprint density at radius 1 is 0.882 bits per heavy atom. The average molecular weight is 236 g/mol. The second kappa shape index (κ2) is 7.87. The fourth-order valence-corrected chi connectivity index (χ4v) is 1.52. The summed E-state index contributed by atoms with van der Waals surface area (Å²) >= 11 is 0. The van der Waals surface area contributed by atoms with E-state index in [1.807, 2.05) is 6.07 Å². The van der Waals surface area contributed by atoms with Crippen LogP contribution in [0.15, 0.2) is 6.07 Å². The molecule has 0 aromatic carbocycles. The lowest BCUT2D eigenvalue weighted by molar-refractivity contribution is 0.829. The van der Waals surface area contributed by atoms with Gasteiger partial charge in [-0.1, -0.05) is 20.8 Å². The fourth-order valence-electron chi connectivity index (χ4n) is 1.52. The molecule has 0 radical (unpaired) electrons. The van der Waals surface area contributed by atoms with Crippen molar-refractivity contribution >= 4 is 11.6 Å². The Balaban J connectivity index is 2.76. The van der Waals surface area contributed by atoms with Crippen LogP contribution in [0.1, 0.15) is 45.9 Å². The van der Waals surface area contributed by atoms with Gasteiger partial charge < -0.3 is 10.6 Å². The maximum atomic E-state index is 4.51. The fraction of sp³-hybridized carbons (Fsp3) is 0.692. The van der Waals surface area contributed by atoms with Crippen molar-refractivity contribution in [2.45, 2.75) is 46.5 Å². The zero-order valence-electron chi connectivity index (χ0n) is 11.2. The quantitative estimate of drug-likeness (QED) is 0.728. The van der Waals surface area contributed by atoms with Crippen LogP contribution in [0.3, 0.4) is 0 Å². The van der Waals surface area contributed by atoms with Gasteiger partial charge in [-0.2, -0.15) is 0 Å². The second-order valence-corrected chi connectivity index (χ2v) is 4.16. The Hall–Kier alpha value is -1.32. The van der Waals surface area contributed by atoms with Crippen molar-refractivity contribution in [2.75, 3.05) is 23.7 Å². The Morgan fingerprint density at radius 3 is 1.82 bits per heavy atom. The van der Waals surface area contributed by atoms with E-state index in [0.717, 1.165) is 56.2 Å². The Morgan fingerprint density at radius 2 is 1.41 bits per heavy atom. The van der Waals surface area contributed by atoms with E-state index >= 15 is 0 Å². The first-order chi connectivity index (χ1) is 8.30. The summed E-state index contributed by atoms with van der Waals surface area (Å²) in [7, 11) is 0. The first kappa shape index (κ1) is 13.7. The number of aromatic nitrogens is 2. The molecule has 0 fully saturated rings. The smallest absolute Gasteiger partial charge is 0.133 e. The summed E-state index contributed by atoms with van der Waals surface area (Å²) in [4.78, 5) is 9.01. The molecule has 1 aromatic rings. The summed E-state index contributed by atoms with van der Waals surface area (Å²) in [6, 6.07) is 1.99. The third kappa shape index (κ3) is 5.02. The van der Waals surface area contributed by atoms with E-state index in [4.69, 9.17) is 0 Å². The predicted octanol–water partition coefficient (Wildman–Crippen LogP) is 3.07. The molecule has 0 saturated heterocycles. The number of nitrogens with zero attached hydrogens (tertiary/aromatic N) is 2. The topological polar surface area (TPSA) is 49.8 Å². The van der Waals surface area contributed by atoms with Crippen LogP contribution in [-0.4, -0.2) is 23.1 Å². The van der Waals surface area contributed by atoms with Crippen LogP contribution in [0.2, 0.25) is 0 Å². The lowest BCUT2D eigenvalue weighted by atomic mass is 10.3. The molecule has 1 heterocycles. The van der Waals surface area contributed by atoms with Crippen molar-refractivity contribution < 1.29 is 0 Å². The van der Waals surface area contributed by atoms with Crippen LogP contribution < -0.4 is 10.6 Å². The molecule has 96 valence electrons. The van der Waals surface area contributed by atoms with Gasteiger partial charge >= 0.3 is 0 Å². The highest BCUT2D eigenvalue weighted by molar-refractivity contribution is 5.47. The van der Waals surface area contributed by atoms with Crippen molar-refractivity contribution in [2.24, 2.45) is 0 Å². The number of hydrogen-bond acceptors (Lipinski definition) is 4. The monoisotopic (exact) mass is 236 g/mol. The molecule has 0 bridgehead atoms. The molecular formula is C13H24N4. The summed E-state index contributed by atoms with van der Waals surface area (Å²) in [6.45, 7) is 8.36. The maximum Gasteiger partial charge on any atom is 0.133 e. The molecule has 0 atom stereocenters. The molecule has 2 N–H and O–H groups in total. The summed E-state index contributed by atoms with van der Waals surface area (Å²) in [6.07, 6.45) is 4.21. The van der Waals surface area contributed by atoms with Gasteiger partial charge in [0.15, 0.2) is 0 Å². The van der Waals surface area contributed by atoms with E-state index in [1.54, 1.807) is 0 Å². The molecule has 0 amide bonds. The van der Waals surface area contributed by atoms with Gasteiger partial charge in [-0.25, -0.2) is 9.97 Å². The third-order valence-electron chi connectivity index (χ3n) is 2.36. The van der Waals surface area contributed by atoms with Crippen LogP contribution >= 0.6 is 0 Å². The second-order valence-electron chi connectivity index (χ2n) is 4.16. The zero-order chi connectivity index (χ0) is 12.5. The zero-order valence-corrected chi connectivity index (χ0v) is 11.2. The Labute approximate surface area is 104 Å². The highest BCUT2D eigenvalue weighted by Crippen LogP contribution is 2.12. The largest absolute Gasteiger partial charge is 0.370 e. The van der Waals surface area contributed by atoms with E-state index in [9.17, 15) is 0 Å². The normalized spacial score (nSPS) is 10.3. The highest BCUT2D eigenvalue weighted by atomic mass is 15.1. The van der Waals surface area contributed by atoms with Gasteiger partial charge in [-0.15, -0.1) is 0 Å². The van der Waals surface area contributed by atoms with Gasteiger partial charge in [-0.05, 0) is 19.3 Å². The van der Waals surface area contributed by atoms with Crippen molar-refractivity contribution in [1.82, 2.24) is 9.97 Å². The molecule has 0 aliphatic carbocycles. The minimum Gasteiger partial charge on any atom is -0.370 e. The van der Waals surface area contributed by atoms with E-state index in [0.29, 0.717) is 0 Å². The summed E-state index contributed by atoms with van der Waals surface area (Å²) in [5, 5.41) is 6.64. The molecule has 4 nitrogen and oxygen atoms in total. The first-order valence-corrected chi connectivity index (χ1v) is 6.65. The van der Waals surface area contributed by atoms with E-state index in [1.165, 1.54) is 0 Å². The van der Waals surface area contributed by atoms with Crippen LogP contribution in [0.5, 0.6) is 0 Å². The van der Waals surface area contributed by atoms with Gasteiger partial charge in [0.05, 0.1) is 0 Å². The predicted molar refractivity (Wildman–Crippen MR) is 73.6 cm³/mol. The molecule has 0 aliphatic rings. The van der Waals surface area contributed by atoms with Crippen LogP contribution in [0.25, 0.3) is 0 Å². The number of rotatable bonds is 8. The Kier molecular flexibility index (Phi) is 6.37. The number of nitrogens with one attached hydrogen (secondary N) is 2. The highest BCUT2D eigenvalue weighted by Gasteiger charge is 2.03. The average Bonchev–Trinajstić information content (AvgIpc) is 2.34. The molecule has 0 aliphatic heterocycles. The van der Waals surface area contributed by atoms with Crippen molar-refractivity contribution in [3.63, 3.8) is 0 Å². The molecule has 4 heteroatoms. The lowest BCUT2D eigenvalue weighted by Gasteiger charge is -2.10.